The van der Waals surface area contributed by atoms with Gasteiger partial charge in [0.1, 0.15) is 11.8 Å². The third kappa shape index (κ3) is 4.13. The summed E-state index contributed by atoms with van der Waals surface area (Å²) in [7, 11) is 0. The fourth-order valence-corrected chi connectivity index (χ4v) is 5.10. The largest absolute Gasteiger partial charge is 0.494 e. The Morgan fingerprint density at radius 3 is 2.37 bits per heavy atom. The molecule has 35 heavy (non-hydrogen) atoms. The van der Waals surface area contributed by atoms with Crippen LogP contribution in [0.2, 0.25) is 0 Å². The van der Waals surface area contributed by atoms with Crippen molar-refractivity contribution in [3.05, 3.63) is 94.0 Å². The molecule has 2 aliphatic heterocycles. The van der Waals surface area contributed by atoms with Crippen molar-refractivity contribution < 1.29 is 19.1 Å². The third-order valence-corrected chi connectivity index (χ3v) is 6.86. The van der Waals surface area contributed by atoms with Crippen LogP contribution in [0.1, 0.15) is 34.5 Å². The Labute approximate surface area is 211 Å². The SMILES string of the molecule is CCOc1ccc(N2C(=O)[C@@H]3[C@H](c4ccc(C)cc4)NN(C(=O)c4cccc(Br)c4)[C@H]3C2=O)cc1. The molecule has 2 aliphatic rings. The number of fused-ring (bicyclic) bond motifs is 1. The number of amides is 3. The van der Waals surface area contributed by atoms with Crippen LogP contribution in [0.5, 0.6) is 5.75 Å². The Balaban J connectivity index is 1.54. The summed E-state index contributed by atoms with van der Waals surface area (Å²) in [5.74, 6) is -1.25. The number of carbonyl (C=O) groups excluding carboxylic acids is 3. The number of hydrazine groups is 1. The predicted octanol–water partition coefficient (Wildman–Crippen LogP) is 4.42. The van der Waals surface area contributed by atoms with Crippen LogP contribution in [0.25, 0.3) is 0 Å². The van der Waals surface area contributed by atoms with E-state index in [9.17, 15) is 14.4 Å². The lowest BCUT2D eigenvalue weighted by molar-refractivity contribution is -0.123. The summed E-state index contributed by atoms with van der Waals surface area (Å²) >= 11 is 3.40. The quantitative estimate of drug-likeness (QED) is 0.491. The molecule has 3 aromatic rings. The fraction of sp³-hybridized carbons (Fsp3) is 0.222. The van der Waals surface area contributed by atoms with E-state index in [1.165, 1.54) is 9.91 Å². The van der Waals surface area contributed by atoms with Crippen molar-refractivity contribution in [1.29, 1.82) is 0 Å². The number of aryl methyl sites for hydroxylation is 1. The average molecular weight is 534 g/mol. The van der Waals surface area contributed by atoms with Crippen molar-refractivity contribution in [3.8, 4) is 5.75 Å². The van der Waals surface area contributed by atoms with Crippen molar-refractivity contribution in [2.75, 3.05) is 11.5 Å². The standard InChI is InChI=1S/C27H24BrN3O4/c1-3-35-21-13-11-20(12-14-21)30-26(33)22-23(17-9-7-16(2)8-10-17)29-31(24(22)27(30)34)25(32)18-5-4-6-19(28)15-18/h4-15,22-24,29H,3H2,1-2H3/t22-,23+,24-/m1/s1. The molecule has 3 atom stereocenters. The van der Waals surface area contributed by atoms with Crippen molar-refractivity contribution in [1.82, 2.24) is 10.4 Å². The van der Waals surface area contributed by atoms with Crippen molar-refractivity contribution >= 4 is 39.3 Å². The highest BCUT2D eigenvalue weighted by Crippen LogP contribution is 2.42. The molecule has 5 rings (SSSR count). The van der Waals surface area contributed by atoms with Gasteiger partial charge in [-0.15, -0.1) is 0 Å². The van der Waals surface area contributed by atoms with Gasteiger partial charge in [-0.05, 0) is 61.9 Å². The molecule has 0 unspecified atom stereocenters. The molecule has 1 N–H and O–H groups in total. The fourth-order valence-electron chi connectivity index (χ4n) is 4.70. The Morgan fingerprint density at radius 2 is 1.71 bits per heavy atom. The molecule has 0 radical (unpaired) electrons. The first kappa shape index (κ1) is 23.3. The van der Waals surface area contributed by atoms with Gasteiger partial charge in [0.25, 0.3) is 11.8 Å². The second-order valence-corrected chi connectivity index (χ2v) is 9.53. The summed E-state index contributed by atoms with van der Waals surface area (Å²) in [6.07, 6.45) is 0. The lowest BCUT2D eigenvalue weighted by atomic mass is 9.90. The summed E-state index contributed by atoms with van der Waals surface area (Å²) in [5.41, 5.74) is 5.97. The average Bonchev–Trinajstić information content (AvgIpc) is 3.37. The zero-order chi connectivity index (χ0) is 24.7. The molecule has 3 aromatic carbocycles. The van der Waals surface area contributed by atoms with Gasteiger partial charge in [0.2, 0.25) is 5.91 Å². The summed E-state index contributed by atoms with van der Waals surface area (Å²) in [6, 6.07) is 20.1. The van der Waals surface area contributed by atoms with E-state index in [1.54, 1.807) is 42.5 Å². The van der Waals surface area contributed by atoms with E-state index < -0.39 is 23.9 Å². The summed E-state index contributed by atoms with van der Waals surface area (Å²) < 4.78 is 6.24. The molecular weight excluding hydrogens is 510 g/mol. The number of hydrogen-bond acceptors (Lipinski definition) is 5. The van der Waals surface area contributed by atoms with Gasteiger partial charge in [-0.3, -0.25) is 19.4 Å². The third-order valence-electron chi connectivity index (χ3n) is 6.37. The van der Waals surface area contributed by atoms with E-state index >= 15 is 0 Å². The van der Waals surface area contributed by atoms with E-state index in [1.807, 2.05) is 44.2 Å². The van der Waals surface area contributed by atoms with Crippen molar-refractivity contribution in [2.24, 2.45) is 5.92 Å². The number of rotatable bonds is 5. The highest BCUT2D eigenvalue weighted by Gasteiger charge is 2.60. The Kier molecular flexibility index (Phi) is 6.17. The van der Waals surface area contributed by atoms with Crippen LogP contribution >= 0.6 is 15.9 Å². The summed E-state index contributed by atoms with van der Waals surface area (Å²) in [4.78, 5) is 42.1. The maximum absolute atomic E-state index is 13.7. The van der Waals surface area contributed by atoms with Gasteiger partial charge >= 0.3 is 0 Å². The highest BCUT2D eigenvalue weighted by molar-refractivity contribution is 9.10. The lowest BCUT2D eigenvalue weighted by Gasteiger charge is -2.25. The summed E-state index contributed by atoms with van der Waals surface area (Å²) in [6.45, 7) is 4.38. The van der Waals surface area contributed by atoms with Gasteiger partial charge in [0.15, 0.2) is 0 Å². The first-order chi connectivity index (χ1) is 16.9. The van der Waals surface area contributed by atoms with Gasteiger partial charge in [-0.25, -0.2) is 10.3 Å². The molecule has 2 saturated heterocycles. The molecular formula is C27H24BrN3O4. The van der Waals surface area contributed by atoms with Crippen LogP contribution in [-0.4, -0.2) is 35.4 Å². The molecule has 0 aliphatic carbocycles. The Bertz CT molecular complexity index is 1290. The van der Waals surface area contributed by atoms with Gasteiger partial charge in [0.05, 0.1) is 24.3 Å². The number of imide groups is 1. The van der Waals surface area contributed by atoms with Crippen LogP contribution in [0.3, 0.4) is 0 Å². The number of anilines is 1. The molecule has 0 spiro atoms. The van der Waals surface area contributed by atoms with E-state index in [4.69, 9.17) is 4.74 Å². The first-order valence-corrected chi connectivity index (χ1v) is 12.2. The molecule has 178 valence electrons. The van der Waals surface area contributed by atoms with Crippen molar-refractivity contribution in [3.63, 3.8) is 0 Å². The highest BCUT2D eigenvalue weighted by atomic mass is 79.9. The zero-order valence-electron chi connectivity index (χ0n) is 19.3. The van der Waals surface area contributed by atoms with Crippen molar-refractivity contribution in [2.45, 2.75) is 25.9 Å². The van der Waals surface area contributed by atoms with Gasteiger partial charge < -0.3 is 4.74 Å². The number of nitrogens with zero attached hydrogens (tertiary/aromatic N) is 2. The predicted molar refractivity (Wildman–Crippen MR) is 135 cm³/mol. The second-order valence-electron chi connectivity index (χ2n) is 8.61. The molecule has 2 fully saturated rings. The summed E-state index contributed by atoms with van der Waals surface area (Å²) in [5, 5.41) is 1.33. The van der Waals surface area contributed by atoms with Crippen LogP contribution in [-0.2, 0) is 9.59 Å². The monoisotopic (exact) mass is 533 g/mol. The van der Waals surface area contributed by atoms with Gasteiger partial charge in [0, 0.05) is 10.0 Å². The molecule has 2 heterocycles. The molecule has 7 nitrogen and oxygen atoms in total. The minimum absolute atomic E-state index is 0.341. The molecule has 0 saturated carbocycles. The molecule has 3 amide bonds. The normalized spacial score (nSPS) is 21.4. The maximum Gasteiger partial charge on any atom is 0.268 e. The number of nitrogens with one attached hydrogen (secondary N) is 1. The number of benzene rings is 3. The Morgan fingerprint density at radius 1 is 1.00 bits per heavy atom. The van der Waals surface area contributed by atoms with E-state index in [-0.39, 0.29) is 11.8 Å². The minimum Gasteiger partial charge on any atom is -0.494 e. The molecule has 0 bridgehead atoms. The number of carbonyl (C=O) groups is 3. The van der Waals surface area contributed by atoms with Crippen LogP contribution < -0.4 is 15.1 Å². The number of halogens is 1. The van der Waals surface area contributed by atoms with Crippen LogP contribution in [0.4, 0.5) is 5.69 Å². The van der Waals surface area contributed by atoms with Crippen LogP contribution in [0, 0.1) is 12.8 Å². The topological polar surface area (TPSA) is 79.0 Å². The minimum atomic E-state index is -0.966. The maximum atomic E-state index is 13.7. The number of hydrogen-bond donors (Lipinski definition) is 1. The Hall–Kier alpha value is -3.49. The van der Waals surface area contributed by atoms with E-state index in [0.717, 1.165) is 15.6 Å². The van der Waals surface area contributed by atoms with E-state index in [0.29, 0.717) is 23.6 Å². The first-order valence-electron chi connectivity index (χ1n) is 11.4. The molecule has 0 aromatic heterocycles. The molecule has 8 heteroatoms. The van der Waals surface area contributed by atoms with Crippen LogP contribution in [0.15, 0.2) is 77.3 Å². The second kappa shape index (κ2) is 9.28. The zero-order valence-corrected chi connectivity index (χ0v) is 20.9. The number of ether oxygens (including phenoxy) is 1. The smallest absolute Gasteiger partial charge is 0.268 e. The van der Waals surface area contributed by atoms with Gasteiger partial charge in [-0.2, -0.15) is 0 Å². The van der Waals surface area contributed by atoms with E-state index in [2.05, 4.69) is 21.4 Å². The van der Waals surface area contributed by atoms with Gasteiger partial charge in [-0.1, -0.05) is 51.8 Å². The lowest BCUT2D eigenvalue weighted by Crippen LogP contribution is -2.48.